The standard InChI is InChI=1S/C16H22N2O2S/c17-12-4-7-14-8-10-16(11-9-14)21(19,20)18-13-15-5-2-1-3-6-15/h8-11,15,18H,1-3,5-6,12-13,17H2. The molecule has 4 nitrogen and oxygen atoms in total. The van der Waals surface area contributed by atoms with Gasteiger partial charge in [-0.2, -0.15) is 0 Å². The molecule has 0 unspecified atom stereocenters. The van der Waals surface area contributed by atoms with Gasteiger partial charge in [0.25, 0.3) is 0 Å². The summed E-state index contributed by atoms with van der Waals surface area (Å²) in [5.74, 6) is 6.10. The summed E-state index contributed by atoms with van der Waals surface area (Å²) < 4.78 is 27.2. The summed E-state index contributed by atoms with van der Waals surface area (Å²) in [6, 6.07) is 6.59. The van der Waals surface area contributed by atoms with Crippen molar-refractivity contribution in [2.45, 2.75) is 37.0 Å². The van der Waals surface area contributed by atoms with E-state index in [1.807, 2.05) is 0 Å². The Morgan fingerprint density at radius 3 is 2.43 bits per heavy atom. The van der Waals surface area contributed by atoms with Gasteiger partial charge in [0.2, 0.25) is 10.0 Å². The molecule has 21 heavy (non-hydrogen) atoms. The highest BCUT2D eigenvalue weighted by Crippen LogP contribution is 2.23. The van der Waals surface area contributed by atoms with E-state index in [0.29, 0.717) is 19.0 Å². The summed E-state index contributed by atoms with van der Waals surface area (Å²) in [6.45, 7) is 0.833. The highest BCUT2D eigenvalue weighted by Gasteiger charge is 2.18. The number of sulfonamides is 1. The highest BCUT2D eigenvalue weighted by atomic mass is 32.2. The molecule has 0 saturated heterocycles. The normalized spacial score (nSPS) is 16.2. The summed E-state index contributed by atoms with van der Waals surface area (Å²) in [7, 11) is -3.42. The fraction of sp³-hybridized carbons (Fsp3) is 0.500. The van der Waals surface area contributed by atoms with Gasteiger partial charge in [-0.25, -0.2) is 13.1 Å². The van der Waals surface area contributed by atoms with Crippen LogP contribution in [0.1, 0.15) is 37.7 Å². The molecule has 2 rings (SSSR count). The molecule has 1 fully saturated rings. The smallest absolute Gasteiger partial charge is 0.240 e. The third-order valence-corrected chi connectivity index (χ3v) is 5.23. The molecular formula is C16H22N2O2S. The predicted molar refractivity (Wildman–Crippen MR) is 84.1 cm³/mol. The maximum atomic E-state index is 12.2. The van der Waals surface area contributed by atoms with Crippen LogP contribution in [0.3, 0.4) is 0 Å². The Hall–Kier alpha value is -1.35. The van der Waals surface area contributed by atoms with Crippen molar-refractivity contribution in [1.29, 1.82) is 0 Å². The summed E-state index contributed by atoms with van der Waals surface area (Å²) in [5.41, 5.74) is 6.08. The molecule has 1 aliphatic rings. The minimum Gasteiger partial charge on any atom is -0.320 e. The lowest BCUT2D eigenvalue weighted by Crippen LogP contribution is -2.30. The zero-order valence-electron chi connectivity index (χ0n) is 12.1. The van der Waals surface area contributed by atoms with Gasteiger partial charge in [-0.05, 0) is 43.0 Å². The van der Waals surface area contributed by atoms with Crippen molar-refractivity contribution in [2.24, 2.45) is 11.7 Å². The Labute approximate surface area is 127 Å². The maximum absolute atomic E-state index is 12.2. The van der Waals surface area contributed by atoms with Crippen LogP contribution in [0.25, 0.3) is 0 Å². The van der Waals surface area contributed by atoms with Crippen LogP contribution >= 0.6 is 0 Å². The molecule has 0 heterocycles. The number of hydrogen-bond donors (Lipinski definition) is 2. The predicted octanol–water partition coefficient (Wildman–Crippen LogP) is 1.86. The molecule has 0 aliphatic heterocycles. The van der Waals surface area contributed by atoms with E-state index in [4.69, 9.17) is 5.73 Å². The molecule has 1 aromatic rings. The van der Waals surface area contributed by atoms with Gasteiger partial charge in [0, 0.05) is 12.1 Å². The first-order chi connectivity index (χ1) is 10.1. The molecule has 0 amide bonds. The fourth-order valence-electron chi connectivity index (χ4n) is 2.57. The Morgan fingerprint density at radius 1 is 1.14 bits per heavy atom. The summed E-state index contributed by atoms with van der Waals surface area (Å²) in [6.07, 6.45) is 5.93. The summed E-state index contributed by atoms with van der Waals surface area (Å²) >= 11 is 0. The van der Waals surface area contributed by atoms with E-state index >= 15 is 0 Å². The number of hydrogen-bond acceptors (Lipinski definition) is 3. The van der Waals surface area contributed by atoms with E-state index in [0.717, 1.165) is 18.4 Å². The van der Waals surface area contributed by atoms with E-state index in [1.165, 1.54) is 19.3 Å². The molecule has 0 aromatic heterocycles. The van der Waals surface area contributed by atoms with Crippen LogP contribution in [0.5, 0.6) is 0 Å². The molecule has 1 aliphatic carbocycles. The molecule has 0 radical (unpaired) electrons. The maximum Gasteiger partial charge on any atom is 0.240 e. The van der Waals surface area contributed by atoms with Crippen molar-refractivity contribution >= 4 is 10.0 Å². The Morgan fingerprint density at radius 2 is 1.81 bits per heavy atom. The molecule has 0 bridgehead atoms. The van der Waals surface area contributed by atoms with Crippen molar-refractivity contribution in [3.8, 4) is 11.8 Å². The van der Waals surface area contributed by atoms with E-state index in [2.05, 4.69) is 16.6 Å². The quantitative estimate of drug-likeness (QED) is 0.834. The first-order valence-electron chi connectivity index (χ1n) is 7.40. The largest absolute Gasteiger partial charge is 0.320 e. The van der Waals surface area contributed by atoms with Gasteiger partial charge in [0.1, 0.15) is 0 Å². The lowest BCUT2D eigenvalue weighted by atomic mass is 9.90. The highest BCUT2D eigenvalue weighted by molar-refractivity contribution is 7.89. The van der Waals surface area contributed by atoms with Gasteiger partial charge in [-0.1, -0.05) is 31.1 Å². The number of benzene rings is 1. The third kappa shape index (κ3) is 4.85. The third-order valence-electron chi connectivity index (χ3n) is 3.79. The average molecular weight is 306 g/mol. The molecular weight excluding hydrogens is 284 g/mol. The number of nitrogens with two attached hydrogens (primary N) is 1. The average Bonchev–Trinajstić information content (AvgIpc) is 2.52. The van der Waals surface area contributed by atoms with E-state index in [-0.39, 0.29) is 4.90 Å². The van der Waals surface area contributed by atoms with Gasteiger partial charge < -0.3 is 5.73 Å². The van der Waals surface area contributed by atoms with Crippen molar-refractivity contribution in [3.63, 3.8) is 0 Å². The van der Waals surface area contributed by atoms with Crippen LogP contribution in [0, 0.1) is 17.8 Å². The molecule has 0 atom stereocenters. The van der Waals surface area contributed by atoms with E-state index in [9.17, 15) is 8.42 Å². The van der Waals surface area contributed by atoms with Crippen LogP contribution in [0.15, 0.2) is 29.2 Å². The fourth-order valence-corrected chi connectivity index (χ4v) is 3.69. The number of rotatable bonds is 4. The van der Waals surface area contributed by atoms with Gasteiger partial charge in [0.15, 0.2) is 0 Å². The van der Waals surface area contributed by atoms with Crippen LogP contribution in [0.2, 0.25) is 0 Å². The van der Waals surface area contributed by atoms with Gasteiger partial charge in [-0.15, -0.1) is 0 Å². The van der Waals surface area contributed by atoms with E-state index < -0.39 is 10.0 Å². The van der Waals surface area contributed by atoms with Gasteiger partial charge >= 0.3 is 0 Å². The minimum absolute atomic E-state index is 0.289. The molecule has 3 N–H and O–H groups in total. The van der Waals surface area contributed by atoms with Crippen molar-refractivity contribution in [1.82, 2.24) is 4.72 Å². The Balaban J connectivity index is 1.98. The first kappa shape index (κ1) is 16.0. The SMILES string of the molecule is NCC#Cc1ccc(S(=O)(=O)NCC2CCCCC2)cc1. The van der Waals surface area contributed by atoms with Crippen LogP contribution in [-0.2, 0) is 10.0 Å². The molecule has 1 saturated carbocycles. The second kappa shape index (κ2) is 7.60. The van der Waals surface area contributed by atoms with Gasteiger partial charge in [-0.3, -0.25) is 0 Å². The first-order valence-corrected chi connectivity index (χ1v) is 8.89. The van der Waals surface area contributed by atoms with Crippen molar-refractivity contribution in [2.75, 3.05) is 13.1 Å². The van der Waals surface area contributed by atoms with E-state index in [1.54, 1.807) is 24.3 Å². The second-order valence-electron chi connectivity index (χ2n) is 5.39. The minimum atomic E-state index is -3.42. The second-order valence-corrected chi connectivity index (χ2v) is 7.15. The van der Waals surface area contributed by atoms with Crippen LogP contribution < -0.4 is 10.5 Å². The molecule has 5 heteroatoms. The van der Waals surface area contributed by atoms with Crippen LogP contribution in [-0.4, -0.2) is 21.5 Å². The van der Waals surface area contributed by atoms with Gasteiger partial charge in [0.05, 0.1) is 11.4 Å². The summed E-state index contributed by atoms with van der Waals surface area (Å²) in [5, 5.41) is 0. The van der Waals surface area contributed by atoms with Crippen molar-refractivity contribution < 1.29 is 8.42 Å². The number of nitrogens with one attached hydrogen (secondary N) is 1. The van der Waals surface area contributed by atoms with Crippen LogP contribution in [0.4, 0.5) is 0 Å². The lowest BCUT2D eigenvalue weighted by Gasteiger charge is -2.21. The lowest BCUT2D eigenvalue weighted by molar-refractivity contribution is 0.357. The Kier molecular flexibility index (Phi) is 5.80. The summed E-state index contributed by atoms with van der Waals surface area (Å²) in [4.78, 5) is 0.289. The topological polar surface area (TPSA) is 72.2 Å². The Bertz CT molecular complexity index is 606. The monoisotopic (exact) mass is 306 g/mol. The zero-order valence-corrected chi connectivity index (χ0v) is 13.0. The van der Waals surface area contributed by atoms with Crippen molar-refractivity contribution in [3.05, 3.63) is 29.8 Å². The molecule has 1 aromatic carbocycles. The zero-order chi connectivity index (χ0) is 15.1. The molecule has 114 valence electrons. The molecule has 0 spiro atoms.